The zero-order valence-electron chi connectivity index (χ0n) is 12.7. The fourth-order valence-corrected chi connectivity index (χ4v) is 3.14. The van der Waals surface area contributed by atoms with Crippen LogP contribution in [0.1, 0.15) is 34.6 Å². The normalized spacial score (nSPS) is 17.3. The molecule has 1 aliphatic rings. The molecule has 1 aliphatic heterocycles. The molecular formula is C16H19N3O2. The van der Waals surface area contributed by atoms with Crippen LogP contribution in [-0.4, -0.2) is 22.8 Å². The monoisotopic (exact) mass is 285 g/mol. The number of benzene rings is 1. The Morgan fingerprint density at radius 2 is 2.10 bits per heavy atom. The molecule has 2 heterocycles. The molecule has 21 heavy (non-hydrogen) atoms. The Kier molecular flexibility index (Phi) is 3.20. The van der Waals surface area contributed by atoms with E-state index in [4.69, 9.17) is 4.74 Å². The summed E-state index contributed by atoms with van der Waals surface area (Å²) in [5.74, 6) is 1.63. The minimum Gasteiger partial charge on any atom is -0.496 e. The Morgan fingerprint density at radius 1 is 1.33 bits per heavy atom. The molecule has 2 aromatic rings. The van der Waals surface area contributed by atoms with Crippen LogP contribution in [0.25, 0.3) is 0 Å². The first kappa shape index (κ1) is 13.7. The maximum atomic E-state index is 12.0. The van der Waals surface area contributed by atoms with Crippen LogP contribution in [0, 0.1) is 13.8 Å². The van der Waals surface area contributed by atoms with Gasteiger partial charge in [0, 0.05) is 30.5 Å². The average molecular weight is 285 g/mol. The predicted molar refractivity (Wildman–Crippen MR) is 80.8 cm³/mol. The van der Waals surface area contributed by atoms with Gasteiger partial charge >= 0.3 is 0 Å². The number of nitrogens with zero attached hydrogens (tertiary/aromatic N) is 2. The number of fused-ring (bicyclic) bond motifs is 1. The van der Waals surface area contributed by atoms with Crippen LogP contribution < -0.4 is 10.1 Å². The van der Waals surface area contributed by atoms with Gasteiger partial charge in [0.25, 0.3) is 0 Å². The first-order chi connectivity index (χ1) is 10.0. The van der Waals surface area contributed by atoms with Gasteiger partial charge in [0.05, 0.1) is 13.3 Å². The second kappa shape index (κ2) is 4.91. The molecule has 0 bridgehead atoms. The van der Waals surface area contributed by atoms with E-state index in [2.05, 4.69) is 29.5 Å². The van der Waals surface area contributed by atoms with Crippen LogP contribution in [0.3, 0.4) is 0 Å². The van der Waals surface area contributed by atoms with Gasteiger partial charge in [-0.1, -0.05) is 17.7 Å². The number of amides is 1. The van der Waals surface area contributed by atoms with E-state index in [9.17, 15) is 4.79 Å². The molecule has 110 valence electrons. The maximum absolute atomic E-state index is 12.0. The van der Waals surface area contributed by atoms with Gasteiger partial charge < -0.3 is 10.1 Å². The summed E-state index contributed by atoms with van der Waals surface area (Å²) in [5.41, 5.74) is 4.35. The molecule has 1 aromatic carbocycles. The number of aryl methyl sites for hydroxylation is 3. The van der Waals surface area contributed by atoms with Crippen LogP contribution in [0.5, 0.6) is 5.75 Å². The van der Waals surface area contributed by atoms with Gasteiger partial charge in [-0.3, -0.25) is 9.48 Å². The quantitative estimate of drug-likeness (QED) is 0.922. The summed E-state index contributed by atoms with van der Waals surface area (Å²) >= 11 is 0. The summed E-state index contributed by atoms with van der Waals surface area (Å²) in [6.07, 6.45) is 2.24. The van der Waals surface area contributed by atoms with Crippen LogP contribution in [0.2, 0.25) is 0 Å². The fourth-order valence-electron chi connectivity index (χ4n) is 3.14. The highest BCUT2D eigenvalue weighted by molar-refractivity contribution is 5.94. The molecule has 5 nitrogen and oxygen atoms in total. The Hall–Kier alpha value is -2.30. The second-order valence-corrected chi connectivity index (χ2v) is 5.58. The summed E-state index contributed by atoms with van der Waals surface area (Å²) in [4.78, 5) is 12.0. The van der Waals surface area contributed by atoms with Gasteiger partial charge in [-0.15, -0.1) is 0 Å². The number of anilines is 1. The van der Waals surface area contributed by atoms with Crippen molar-refractivity contribution in [2.24, 2.45) is 7.05 Å². The molecule has 3 rings (SSSR count). The lowest BCUT2D eigenvalue weighted by atomic mass is 9.85. The lowest BCUT2D eigenvalue weighted by molar-refractivity contribution is -0.116. The molecule has 1 aromatic heterocycles. The molecule has 0 saturated carbocycles. The Bertz CT molecular complexity index is 719. The van der Waals surface area contributed by atoms with Gasteiger partial charge in [0.1, 0.15) is 11.6 Å². The molecule has 0 saturated heterocycles. The largest absolute Gasteiger partial charge is 0.496 e. The van der Waals surface area contributed by atoms with E-state index in [1.165, 1.54) is 5.56 Å². The number of nitrogens with one attached hydrogen (secondary N) is 1. The number of hydrogen-bond acceptors (Lipinski definition) is 3. The van der Waals surface area contributed by atoms with E-state index >= 15 is 0 Å². The third kappa shape index (κ3) is 2.18. The molecule has 1 unspecified atom stereocenters. The molecule has 0 spiro atoms. The maximum Gasteiger partial charge on any atom is 0.226 e. The van der Waals surface area contributed by atoms with Crippen molar-refractivity contribution >= 4 is 11.7 Å². The Labute approximate surface area is 123 Å². The topological polar surface area (TPSA) is 56.1 Å². The zero-order chi connectivity index (χ0) is 15.1. The van der Waals surface area contributed by atoms with E-state index in [1.54, 1.807) is 11.8 Å². The van der Waals surface area contributed by atoms with E-state index in [1.807, 2.05) is 20.2 Å². The van der Waals surface area contributed by atoms with Crippen molar-refractivity contribution in [1.29, 1.82) is 0 Å². The molecule has 0 aliphatic carbocycles. The molecule has 1 atom stereocenters. The molecular weight excluding hydrogens is 266 g/mol. The van der Waals surface area contributed by atoms with E-state index < -0.39 is 0 Å². The Morgan fingerprint density at radius 3 is 2.81 bits per heavy atom. The van der Waals surface area contributed by atoms with Crippen molar-refractivity contribution in [3.05, 3.63) is 40.6 Å². The molecule has 1 amide bonds. The predicted octanol–water partition coefficient (Wildman–Crippen LogP) is 2.52. The highest BCUT2D eigenvalue weighted by Gasteiger charge is 2.31. The minimum absolute atomic E-state index is 0.0114. The third-order valence-corrected chi connectivity index (χ3v) is 4.02. The van der Waals surface area contributed by atoms with E-state index in [-0.39, 0.29) is 11.8 Å². The number of hydrogen-bond donors (Lipinski definition) is 1. The number of carbonyl (C=O) groups excluding carboxylic acids is 1. The zero-order valence-corrected chi connectivity index (χ0v) is 12.7. The van der Waals surface area contributed by atoms with Crippen molar-refractivity contribution in [3.8, 4) is 5.75 Å². The molecule has 0 radical (unpaired) electrons. The molecule has 1 N–H and O–H groups in total. The second-order valence-electron chi connectivity index (χ2n) is 5.58. The van der Waals surface area contributed by atoms with E-state index in [0.29, 0.717) is 6.42 Å². The van der Waals surface area contributed by atoms with E-state index in [0.717, 1.165) is 28.3 Å². The van der Waals surface area contributed by atoms with Crippen molar-refractivity contribution in [1.82, 2.24) is 9.78 Å². The van der Waals surface area contributed by atoms with Crippen molar-refractivity contribution in [2.75, 3.05) is 12.4 Å². The molecule has 5 heteroatoms. The average Bonchev–Trinajstić information content (AvgIpc) is 2.79. The summed E-state index contributed by atoms with van der Waals surface area (Å²) < 4.78 is 7.29. The summed E-state index contributed by atoms with van der Waals surface area (Å²) in [5, 5.41) is 7.17. The van der Waals surface area contributed by atoms with Crippen molar-refractivity contribution in [2.45, 2.75) is 26.2 Å². The third-order valence-electron chi connectivity index (χ3n) is 4.02. The lowest BCUT2D eigenvalue weighted by Gasteiger charge is -2.25. The number of rotatable bonds is 2. The summed E-state index contributed by atoms with van der Waals surface area (Å²) in [6, 6.07) is 4.20. The van der Waals surface area contributed by atoms with Gasteiger partial charge in [0.2, 0.25) is 5.91 Å². The standard InChI is InChI=1S/C16H19N3O2/c1-9-5-10(2)15(21-4)12(6-9)11-7-14(20)18-16-13(11)8-17-19(16)3/h5-6,8,11H,7H2,1-4H3,(H,18,20). The fraction of sp³-hybridized carbons (Fsp3) is 0.375. The number of methoxy groups -OCH3 is 1. The first-order valence-corrected chi connectivity index (χ1v) is 6.98. The van der Waals surface area contributed by atoms with Crippen LogP contribution in [-0.2, 0) is 11.8 Å². The highest BCUT2D eigenvalue weighted by Crippen LogP contribution is 2.41. The van der Waals surface area contributed by atoms with Gasteiger partial charge in [-0.05, 0) is 19.4 Å². The SMILES string of the molecule is COc1c(C)cc(C)cc1C1CC(=O)Nc2c1cnn2C. The first-order valence-electron chi connectivity index (χ1n) is 6.98. The Balaban J connectivity index is 2.19. The minimum atomic E-state index is -0.0176. The summed E-state index contributed by atoms with van der Waals surface area (Å²) in [7, 11) is 3.51. The van der Waals surface area contributed by atoms with Crippen molar-refractivity contribution in [3.63, 3.8) is 0 Å². The highest BCUT2D eigenvalue weighted by atomic mass is 16.5. The van der Waals surface area contributed by atoms with Crippen LogP contribution in [0.15, 0.2) is 18.3 Å². The smallest absolute Gasteiger partial charge is 0.226 e. The number of carbonyl (C=O) groups is 1. The van der Waals surface area contributed by atoms with Crippen LogP contribution >= 0.6 is 0 Å². The van der Waals surface area contributed by atoms with Gasteiger partial charge in [-0.2, -0.15) is 5.10 Å². The van der Waals surface area contributed by atoms with Gasteiger partial charge in [-0.25, -0.2) is 0 Å². The molecule has 0 fully saturated rings. The number of ether oxygens (including phenoxy) is 1. The van der Waals surface area contributed by atoms with Crippen molar-refractivity contribution < 1.29 is 9.53 Å². The lowest BCUT2D eigenvalue weighted by Crippen LogP contribution is -2.24. The summed E-state index contributed by atoms with van der Waals surface area (Å²) in [6.45, 7) is 4.09. The van der Waals surface area contributed by atoms with Gasteiger partial charge in [0.15, 0.2) is 0 Å². The van der Waals surface area contributed by atoms with Crippen LogP contribution in [0.4, 0.5) is 5.82 Å². The number of aromatic nitrogens is 2.